The number of rotatable bonds is 8. The Morgan fingerprint density at radius 2 is 1.64 bits per heavy atom. The molecule has 0 unspecified atom stereocenters. The van der Waals surface area contributed by atoms with Crippen LogP contribution in [0, 0.1) is 5.82 Å². The quantitative estimate of drug-likeness (QED) is 0.628. The van der Waals surface area contributed by atoms with Crippen LogP contribution in [0.2, 0.25) is 0 Å². The zero-order chi connectivity index (χ0) is 19.8. The van der Waals surface area contributed by atoms with E-state index < -0.39 is 0 Å². The maximum Gasteiger partial charge on any atom is 0.251 e. The average molecular weight is 379 g/mol. The van der Waals surface area contributed by atoms with Gasteiger partial charge in [0.05, 0.1) is 6.61 Å². The molecule has 0 spiro atoms. The van der Waals surface area contributed by atoms with Crippen LogP contribution in [0.5, 0.6) is 5.75 Å². The van der Waals surface area contributed by atoms with Crippen molar-refractivity contribution in [3.63, 3.8) is 0 Å². The van der Waals surface area contributed by atoms with Gasteiger partial charge in [-0.15, -0.1) is 0 Å². The number of carbonyl (C=O) groups excluding carboxylic acids is 1. The van der Waals surface area contributed by atoms with Gasteiger partial charge in [0.2, 0.25) is 0 Å². The van der Waals surface area contributed by atoms with Crippen molar-refractivity contribution < 1.29 is 18.7 Å². The molecule has 0 aliphatic heterocycles. The molecule has 28 heavy (non-hydrogen) atoms. The highest BCUT2D eigenvalue weighted by Crippen LogP contribution is 2.16. The second kappa shape index (κ2) is 9.67. The Kier molecular flexibility index (Phi) is 6.76. The number of amides is 1. The zero-order valence-electron chi connectivity index (χ0n) is 15.7. The smallest absolute Gasteiger partial charge is 0.251 e. The molecule has 0 fully saturated rings. The van der Waals surface area contributed by atoms with Crippen LogP contribution >= 0.6 is 0 Å². The van der Waals surface area contributed by atoms with Crippen LogP contribution in [0.1, 0.15) is 27.0 Å². The maximum atomic E-state index is 13.0. The molecule has 0 heterocycles. The molecular formula is C23H22FNO3. The summed E-state index contributed by atoms with van der Waals surface area (Å²) in [7, 11) is 1.65. The van der Waals surface area contributed by atoms with Crippen LogP contribution in [-0.2, 0) is 24.5 Å². The van der Waals surface area contributed by atoms with Crippen molar-refractivity contribution >= 4 is 5.91 Å². The second-order valence-electron chi connectivity index (χ2n) is 6.38. The summed E-state index contributed by atoms with van der Waals surface area (Å²) in [5, 5.41) is 2.91. The molecule has 0 aliphatic carbocycles. The Labute approximate surface area is 163 Å². The lowest BCUT2D eigenvalue weighted by atomic mass is 10.1. The van der Waals surface area contributed by atoms with Gasteiger partial charge in [-0.2, -0.15) is 0 Å². The van der Waals surface area contributed by atoms with Gasteiger partial charge in [0.1, 0.15) is 18.2 Å². The van der Waals surface area contributed by atoms with E-state index in [1.807, 2.05) is 24.3 Å². The first-order valence-corrected chi connectivity index (χ1v) is 8.96. The number of hydrogen-bond donors (Lipinski definition) is 1. The molecule has 3 rings (SSSR count). The van der Waals surface area contributed by atoms with Crippen molar-refractivity contribution in [2.45, 2.75) is 19.8 Å². The van der Waals surface area contributed by atoms with Crippen molar-refractivity contribution in [2.75, 3.05) is 7.11 Å². The fourth-order valence-corrected chi connectivity index (χ4v) is 2.75. The molecule has 0 aromatic heterocycles. The summed E-state index contributed by atoms with van der Waals surface area (Å²) in [4.78, 5) is 12.5. The third-order valence-corrected chi connectivity index (χ3v) is 4.17. The van der Waals surface area contributed by atoms with Crippen LogP contribution in [0.25, 0.3) is 0 Å². The van der Waals surface area contributed by atoms with E-state index in [2.05, 4.69) is 5.32 Å². The van der Waals surface area contributed by atoms with E-state index in [-0.39, 0.29) is 11.7 Å². The number of halogens is 1. The third kappa shape index (κ3) is 5.66. The van der Waals surface area contributed by atoms with Crippen molar-refractivity contribution in [3.05, 3.63) is 101 Å². The minimum Gasteiger partial charge on any atom is -0.489 e. The topological polar surface area (TPSA) is 47.6 Å². The molecule has 0 atom stereocenters. The number of ether oxygens (including phenoxy) is 2. The minimum absolute atomic E-state index is 0.177. The number of nitrogens with one attached hydrogen (secondary N) is 1. The molecule has 0 saturated carbocycles. The first-order valence-electron chi connectivity index (χ1n) is 8.96. The molecule has 1 N–H and O–H groups in total. The highest BCUT2D eigenvalue weighted by Gasteiger charge is 2.07. The number of methoxy groups -OCH3 is 1. The minimum atomic E-state index is -0.282. The van der Waals surface area contributed by atoms with Crippen LogP contribution < -0.4 is 10.1 Å². The second-order valence-corrected chi connectivity index (χ2v) is 6.38. The molecule has 3 aromatic rings. The Balaban J connectivity index is 1.57. The largest absolute Gasteiger partial charge is 0.489 e. The van der Waals surface area contributed by atoms with E-state index in [1.54, 1.807) is 43.5 Å². The van der Waals surface area contributed by atoms with Gasteiger partial charge in [0.25, 0.3) is 5.91 Å². The predicted molar refractivity (Wildman–Crippen MR) is 105 cm³/mol. The van der Waals surface area contributed by atoms with Crippen molar-refractivity contribution in [1.82, 2.24) is 5.32 Å². The van der Waals surface area contributed by atoms with Crippen LogP contribution in [-0.4, -0.2) is 13.0 Å². The summed E-state index contributed by atoms with van der Waals surface area (Å²) in [6, 6.07) is 21.0. The normalized spacial score (nSPS) is 10.5. The van der Waals surface area contributed by atoms with Crippen molar-refractivity contribution in [2.24, 2.45) is 0 Å². The van der Waals surface area contributed by atoms with Gasteiger partial charge in [-0.05, 0) is 47.0 Å². The lowest BCUT2D eigenvalue weighted by Crippen LogP contribution is -2.22. The number of hydrogen-bond acceptors (Lipinski definition) is 3. The van der Waals surface area contributed by atoms with E-state index in [0.29, 0.717) is 31.1 Å². The highest BCUT2D eigenvalue weighted by atomic mass is 19.1. The van der Waals surface area contributed by atoms with Gasteiger partial charge < -0.3 is 14.8 Å². The molecule has 0 aliphatic rings. The summed E-state index contributed by atoms with van der Waals surface area (Å²) < 4.78 is 23.8. The lowest BCUT2D eigenvalue weighted by Gasteiger charge is -2.10. The first kappa shape index (κ1) is 19.6. The first-order chi connectivity index (χ1) is 13.6. The van der Waals surface area contributed by atoms with Crippen LogP contribution in [0.4, 0.5) is 4.39 Å². The van der Waals surface area contributed by atoms with E-state index in [0.717, 1.165) is 16.7 Å². The van der Waals surface area contributed by atoms with E-state index in [4.69, 9.17) is 9.47 Å². The van der Waals surface area contributed by atoms with Crippen LogP contribution in [0.15, 0.2) is 72.8 Å². The third-order valence-electron chi connectivity index (χ3n) is 4.17. The molecular weight excluding hydrogens is 357 g/mol. The van der Waals surface area contributed by atoms with Gasteiger partial charge in [0.15, 0.2) is 0 Å². The summed E-state index contributed by atoms with van der Waals surface area (Å²) in [5.41, 5.74) is 3.44. The van der Waals surface area contributed by atoms with Crippen molar-refractivity contribution in [3.8, 4) is 5.75 Å². The number of benzene rings is 3. The molecule has 4 nitrogen and oxygen atoms in total. The Hall–Kier alpha value is -3.18. The zero-order valence-corrected chi connectivity index (χ0v) is 15.7. The molecule has 0 saturated heterocycles. The van der Waals surface area contributed by atoms with Gasteiger partial charge >= 0.3 is 0 Å². The van der Waals surface area contributed by atoms with Gasteiger partial charge in [-0.25, -0.2) is 4.39 Å². The highest BCUT2D eigenvalue weighted by molar-refractivity contribution is 5.94. The summed E-state index contributed by atoms with van der Waals surface area (Å²) >= 11 is 0. The Bertz CT molecular complexity index is 925. The molecule has 144 valence electrons. The van der Waals surface area contributed by atoms with Gasteiger partial charge in [-0.3, -0.25) is 4.79 Å². The maximum absolute atomic E-state index is 13.0. The SMILES string of the molecule is COCc1cccc(CNC(=O)c2cccc(OCc3ccc(F)cc3)c2)c1. The molecule has 0 bridgehead atoms. The Morgan fingerprint density at radius 3 is 2.43 bits per heavy atom. The molecule has 3 aromatic carbocycles. The van der Waals surface area contributed by atoms with Gasteiger partial charge in [0, 0.05) is 19.2 Å². The van der Waals surface area contributed by atoms with Crippen molar-refractivity contribution in [1.29, 1.82) is 0 Å². The number of carbonyl (C=O) groups is 1. The van der Waals surface area contributed by atoms with E-state index >= 15 is 0 Å². The molecule has 1 amide bonds. The lowest BCUT2D eigenvalue weighted by molar-refractivity contribution is 0.0950. The Morgan fingerprint density at radius 1 is 0.893 bits per heavy atom. The summed E-state index contributed by atoms with van der Waals surface area (Å²) in [6.45, 7) is 1.27. The average Bonchev–Trinajstić information content (AvgIpc) is 2.72. The molecule has 5 heteroatoms. The summed E-state index contributed by atoms with van der Waals surface area (Å²) in [6.07, 6.45) is 0. The predicted octanol–water partition coefficient (Wildman–Crippen LogP) is 4.48. The van der Waals surface area contributed by atoms with E-state index in [1.165, 1.54) is 12.1 Å². The fraction of sp³-hybridized carbons (Fsp3) is 0.174. The van der Waals surface area contributed by atoms with E-state index in [9.17, 15) is 9.18 Å². The monoisotopic (exact) mass is 379 g/mol. The summed E-state index contributed by atoms with van der Waals surface area (Å²) in [5.74, 6) is 0.124. The standard InChI is InChI=1S/C23H22FNO3/c1-27-15-19-5-2-4-18(12-19)14-25-23(26)20-6-3-7-22(13-20)28-16-17-8-10-21(24)11-9-17/h2-13H,14-16H2,1H3,(H,25,26). The fourth-order valence-electron chi connectivity index (χ4n) is 2.75. The van der Waals surface area contributed by atoms with Gasteiger partial charge in [-0.1, -0.05) is 42.5 Å². The molecule has 0 radical (unpaired) electrons. The van der Waals surface area contributed by atoms with Crippen LogP contribution in [0.3, 0.4) is 0 Å².